The average molecular weight is 257 g/mol. The molecule has 19 heavy (non-hydrogen) atoms. The minimum atomic E-state index is 0.911. The molecule has 1 aromatic carbocycles. The lowest BCUT2D eigenvalue weighted by atomic mass is 9.99. The summed E-state index contributed by atoms with van der Waals surface area (Å²) in [5.41, 5.74) is 7.52. The molecule has 0 radical (unpaired) electrons. The van der Waals surface area contributed by atoms with Gasteiger partial charge in [-0.2, -0.15) is 5.10 Å². The van der Waals surface area contributed by atoms with Crippen molar-refractivity contribution < 1.29 is 0 Å². The van der Waals surface area contributed by atoms with Crippen molar-refractivity contribution in [2.24, 2.45) is 0 Å². The Morgan fingerprint density at radius 3 is 2.26 bits per heavy atom. The Morgan fingerprint density at radius 1 is 1.05 bits per heavy atom. The Kier molecular flexibility index (Phi) is 4.05. The van der Waals surface area contributed by atoms with Crippen molar-refractivity contribution in [1.29, 1.82) is 0 Å². The van der Waals surface area contributed by atoms with Gasteiger partial charge in [-0.3, -0.25) is 4.68 Å². The van der Waals surface area contributed by atoms with Crippen molar-refractivity contribution >= 4 is 0 Å². The molecule has 1 aromatic heterocycles. The second-order valence-corrected chi connectivity index (χ2v) is 5.25. The van der Waals surface area contributed by atoms with Crippen LogP contribution in [0.3, 0.4) is 0 Å². The Balaban J connectivity index is 2.47. The van der Waals surface area contributed by atoms with Crippen molar-refractivity contribution in [3.8, 4) is 11.1 Å². The fourth-order valence-corrected chi connectivity index (χ4v) is 2.67. The fraction of sp³-hybridized carbons (Fsp3) is 0.438. The highest BCUT2D eigenvalue weighted by molar-refractivity contribution is 5.69. The fourth-order valence-electron chi connectivity index (χ4n) is 2.67. The van der Waals surface area contributed by atoms with Crippen LogP contribution < -0.4 is 5.32 Å². The molecule has 2 rings (SSSR count). The number of hydrogen-bond donors (Lipinski definition) is 1. The van der Waals surface area contributed by atoms with E-state index in [9.17, 15) is 0 Å². The van der Waals surface area contributed by atoms with E-state index in [1.165, 1.54) is 27.9 Å². The summed E-state index contributed by atoms with van der Waals surface area (Å²) in [7, 11) is 1.97. The van der Waals surface area contributed by atoms with Gasteiger partial charge < -0.3 is 5.32 Å². The highest BCUT2D eigenvalue weighted by Crippen LogP contribution is 2.28. The molecule has 0 aliphatic heterocycles. The largest absolute Gasteiger partial charge is 0.318 e. The van der Waals surface area contributed by atoms with Crippen molar-refractivity contribution in [2.45, 2.75) is 34.2 Å². The standard InChI is InChI=1S/C16H23N3/c1-11-8-12(2)10-15(9-11)16-13(3)18-19(14(16)4)7-6-17-5/h8-10,17H,6-7H2,1-5H3. The normalized spacial score (nSPS) is 11.0. The lowest BCUT2D eigenvalue weighted by Gasteiger charge is -2.07. The van der Waals surface area contributed by atoms with Crippen LogP contribution in [-0.2, 0) is 6.54 Å². The first-order chi connectivity index (χ1) is 9.02. The molecule has 0 bridgehead atoms. The van der Waals surface area contributed by atoms with Crippen LogP contribution in [0, 0.1) is 27.7 Å². The molecule has 0 aliphatic rings. The van der Waals surface area contributed by atoms with Crippen molar-refractivity contribution in [2.75, 3.05) is 13.6 Å². The molecule has 0 atom stereocenters. The maximum atomic E-state index is 4.66. The summed E-state index contributed by atoms with van der Waals surface area (Å²) in [6.45, 7) is 10.4. The third kappa shape index (κ3) is 2.87. The number of benzene rings is 1. The van der Waals surface area contributed by atoms with Crippen LogP contribution in [-0.4, -0.2) is 23.4 Å². The number of rotatable bonds is 4. The van der Waals surface area contributed by atoms with Gasteiger partial charge in [-0.05, 0) is 40.3 Å². The summed E-state index contributed by atoms with van der Waals surface area (Å²) in [5.74, 6) is 0. The van der Waals surface area contributed by atoms with Crippen molar-refractivity contribution in [3.63, 3.8) is 0 Å². The smallest absolute Gasteiger partial charge is 0.0674 e. The van der Waals surface area contributed by atoms with Crippen LogP contribution in [0.1, 0.15) is 22.5 Å². The third-order valence-corrected chi connectivity index (χ3v) is 3.47. The Hall–Kier alpha value is -1.61. The molecular formula is C16H23N3. The third-order valence-electron chi connectivity index (χ3n) is 3.47. The van der Waals surface area contributed by atoms with E-state index < -0.39 is 0 Å². The topological polar surface area (TPSA) is 29.9 Å². The maximum Gasteiger partial charge on any atom is 0.0674 e. The first-order valence-electron chi connectivity index (χ1n) is 6.80. The summed E-state index contributed by atoms with van der Waals surface area (Å²) in [5, 5.41) is 7.83. The number of likely N-dealkylation sites (N-methyl/N-ethyl adjacent to an activating group) is 1. The van der Waals surface area contributed by atoms with Crippen LogP contribution in [0.4, 0.5) is 0 Å². The molecule has 0 aliphatic carbocycles. The van der Waals surface area contributed by atoms with Crippen LogP contribution in [0.2, 0.25) is 0 Å². The molecule has 0 fully saturated rings. The summed E-state index contributed by atoms with van der Waals surface area (Å²) in [6.07, 6.45) is 0. The van der Waals surface area contributed by atoms with Crippen LogP contribution >= 0.6 is 0 Å². The van der Waals surface area contributed by atoms with Crippen LogP contribution in [0.25, 0.3) is 11.1 Å². The molecular weight excluding hydrogens is 234 g/mol. The quantitative estimate of drug-likeness (QED) is 0.912. The van der Waals surface area contributed by atoms with Crippen LogP contribution in [0.15, 0.2) is 18.2 Å². The van der Waals surface area contributed by atoms with Gasteiger partial charge in [0.1, 0.15) is 0 Å². The Morgan fingerprint density at radius 2 is 1.68 bits per heavy atom. The van der Waals surface area contributed by atoms with Crippen molar-refractivity contribution in [3.05, 3.63) is 40.7 Å². The highest BCUT2D eigenvalue weighted by Gasteiger charge is 2.13. The van der Waals surface area contributed by atoms with Crippen molar-refractivity contribution in [1.82, 2.24) is 15.1 Å². The molecule has 1 N–H and O–H groups in total. The monoisotopic (exact) mass is 257 g/mol. The number of nitrogens with one attached hydrogen (secondary N) is 1. The summed E-state index contributed by atoms with van der Waals surface area (Å²) in [4.78, 5) is 0. The summed E-state index contributed by atoms with van der Waals surface area (Å²) in [6, 6.07) is 6.69. The van der Waals surface area contributed by atoms with Gasteiger partial charge >= 0.3 is 0 Å². The lowest BCUT2D eigenvalue weighted by Crippen LogP contribution is -2.16. The molecule has 0 amide bonds. The number of aryl methyl sites for hydroxylation is 3. The van der Waals surface area contributed by atoms with E-state index in [1.54, 1.807) is 0 Å². The second-order valence-electron chi connectivity index (χ2n) is 5.25. The zero-order chi connectivity index (χ0) is 14.0. The van der Waals surface area contributed by atoms with E-state index >= 15 is 0 Å². The number of nitrogens with zero attached hydrogens (tertiary/aromatic N) is 2. The van der Waals surface area contributed by atoms with E-state index in [0.29, 0.717) is 0 Å². The SMILES string of the molecule is CNCCn1nc(C)c(-c2cc(C)cc(C)c2)c1C. The zero-order valence-corrected chi connectivity index (χ0v) is 12.5. The second kappa shape index (κ2) is 5.57. The number of aromatic nitrogens is 2. The molecule has 3 nitrogen and oxygen atoms in total. The minimum absolute atomic E-state index is 0.911. The Bertz CT molecular complexity index is 562. The molecule has 102 valence electrons. The van der Waals surface area contributed by atoms with Gasteiger partial charge in [-0.1, -0.05) is 29.3 Å². The number of hydrogen-bond acceptors (Lipinski definition) is 2. The van der Waals surface area contributed by atoms with Gasteiger partial charge in [-0.15, -0.1) is 0 Å². The van der Waals surface area contributed by atoms with E-state index in [0.717, 1.165) is 18.8 Å². The van der Waals surface area contributed by atoms with Gasteiger partial charge in [0.25, 0.3) is 0 Å². The summed E-state index contributed by atoms with van der Waals surface area (Å²) >= 11 is 0. The summed E-state index contributed by atoms with van der Waals surface area (Å²) < 4.78 is 2.10. The van der Waals surface area contributed by atoms with Gasteiger partial charge in [-0.25, -0.2) is 0 Å². The maximum absolute atomic E-state index is 4.66. The first kappa shape index (κ1) is 13.8. The predicted octanol–water partition coefficient (Wildman–Crippen LogP) is 3.00. The van der Waals surface area contributed by atoms with E-state index in [2.05, 4.69) is 61.0 Å². The molecule has 3 heteroatoms. The van der Waals surface area contributed by atoms with Gasteiger partial charge in [0, 0.05) is 17.8 Å². The van der Waals surface area contributed by atoms with Crippen LogP contribution in [0.5, 0.6) is 0 Å². The molecule has 0 saturated heterocycles. The zero-order valence-electron chi connectivity index (χ0n) is 12.5. The molecule has 0 saturated carbocycles. The minimum Gasteiger partial charge on any atom is -0.318 e. The molecule has 0 unspecified atom stereocenters. The van der Waals surface area contributed by atoms with Gasteiger partial charge in [0.05, 0.1) is 12.2 Å². The molecule has 1 heterocycles. The average Bonchev–Trinajstić information content (AvgIpc) is 2.60. The first-order valence-corrected chi connectivity index (χ1v) is 6.80. The van der Waals surface area contributed by atoms with E-state index in [-0.39, 0.29) is 0 Å². The van der Waals surface area contributed by atoms with Gasteiger partial charge in [0.2, 0.25) is 0 Å². The molecule has 2 aromatic rings. The van der Waals surface area contributed by atoms with E-state index in [4.69, 9.17) is 0 Å². The lowest BCUT2D eigenvalue weighted by molar-refractivity contribution is 0.569. The Labute approximate surface area is 115 Å². The highest BCUT2D eigenvalue weighted by atomic mass is 15.3. The predicted molar refractivity (Wildman–Crippen MR) is 80.5 cm³/mol. The van der Waals surface area contributed by atoms with Gasteiger partial charge in [0.15, 0.2) is 0 Å². The molecule has 0 spiro atoms. The van der Waals surface area contributed by atoms with E-state index in [1.807, 2.05) is 7.05 Å².